The van der Waals surface area contributed by atoms with Crippen molar-refractivity contribution in [2.75, 3.05) is 17.7 Å². The molecular formula is C17H20N6O2S3. The third-order valence-electron chi connectivity index (χ3n) is 4.22. The van der Waals surface area contributed by atoms with Crippen molar-refractivity contribution in [1.82, 2.24) is 25.0 Å². The van der Waals surface area contributed by atoms with Crippen molar-refractivity contribution in [3.05, 3.63) is 21.3 Å². The van der Waals surface area contributed by atoms with Crippen LogP contribution in [0, 0.1) is 13.8 Å². The maximum Gasteiger partial charge on any atom is 0.236 e. The molecule has 0 aromatic carbocycles. The fourth-order valence-electron chi connectivity index (χ4n) is 2.96. The monoisotopic (exact) mass is 436 g/mol. The Morgan fingerprint density at radius 3 is 2.93 bits per heavy atom. The zero-order chi connectivity index (χ0) is 19.5. The van der Waals surface area contributed by atoms with Crippen LogP contribution in [-0.4, -0.2) is 49.3 Å². The van der Waals surface area contributed by atoms with Gasteiger partial charge in [-0.2, -0.15) is 0 Å². The smallest absolute Gasteiger partial charge is 0.236 e. The van der Waals surface area contributed by atoms with Crippen LogP contribution in [0.3, 0.4) is 0 Å². The number of nitrogens with one attached hydrogen (secondary N) is 1. The Bertz CT molecular complexity index is 960. The second-order valence-electron chi connectivity index (χ2n) is 6.46. The molecule has 0 saturated carbocycles. The average Bonchev–Trinajstić information content (AvgIpc) is 3.43. The van der Waals surface area contributed by atoms with Crippen LogP contribution in [-0.2, 0) is 16.1 Å². The van der Waals surface area contributed by atoms with Crippen LogP contribution in [0.1, 0.15) is 22.7 Å². The highest BCUT2D eigenvalue weighted by Gasteiger charge is 2.22. The van der Waals surface area contributed by atoms with Crippen molar-refractivity contribution in [1.29, 1.82) is 0 Å². The zero-order valence-electron chi connectivity index (χ0n) is 15.5. The highest BCUT2D eigenvalue weighted by molar-refractivity contribution is 7.99. The number of ether oxygens (including phenoxy) is 1. The number of carbonyl (C=O) groups is 1. The molecule has 1 saturated heterocycles. The minimum absolute atomic E-state index is 0.138. The van der Waals surface area contributed by atoms with Gasteiger partial charge in [0.05, 0.1) is 18.4 Å². The van der Waals surface area contributed by atoms with Crippen molar-refractivity contribution in [3.8, 4) is 11.4 Å². The van der Waals surface area contributed by atoms with Crippen LogP contribution in [0.4, 0.5) is 5.13 Å². The summed E-state index contributed by atoms with van der Waals surface area (Å²) < 4.78 is 7.88. The topological polar surface area (TPSA) is 94.8 Å². The molecule has 1 aliphatic rings. The molecule has 1 fully saturated rings. The molecule has 11 heteroatoms. The summed E-state index contributed by atoms with van der Waals surface area (Å²) in [5, 5.41) is 23.5. The maximum atomic E-state index is 12.3. The highest BCUT2D eigenvalue weighted by Crippen LogP contribution is 2.29. The maximum absolute atomic E-state index is 12.3. The molecule has 0 aliphatic carbocycles. The molecular weight excluding hydrogens is 416 g/mol. The van der Waals surface area contributed by atoms with Crippen molar-refractivity contribution < 1.29 is 9.53 Å². The van der Waals surface area contributed by atoms with E-state index in [9.17, 15) is 4.79 Å². The van der Waals surface area contributed by atoms with Crippen LogP contribution >= 0.6 is 34.4 Å². The van der Waals surface area contributed by atoms with Crippen molar-refractivity contribution >= 4 is 45.5 Å². The van der Waals surface area contributed by atoms with Gasteiger partial charge in [0.25, 0.3) is 0 Å². The summed E-state index contributed by atoms with van der Waals surface area (Å²) in [6, 6.07) is 2.11. The molecule has 3 aromatic heterocycles. The second-order valence-corrected chi connectivity index (χ2v) is 9.70. The molecule has 0 radical (unpaired) electrons. The fraction of sp³-hybridized carbons (Fsp3) is 0.471. The molecule has 148 valence electrons. The first kappa shape index (κ1) is 19.5. The molecule has 1 N–H and O–H groups in total. The summed E-state index contributed by atoms with van der Waals surface area (Å²) in [6.45, 7) is 5.41. The lowest BCUT2D eigenvalue weighted by atomic mass is 10.2. The third-order valence-corrected chi connectivity index (χ3v) is 6.80. The van der Waals surface area contributed by atoms with E-state index in [1.807, 2.05) is 6.92 Å². The molecule has 1 atom stereocenters. The number of aryl methyl sites for hydroxylation is 2. The first-order chi connectivity index (χ1) is 13.6. The van der Waals surface area contributed by atoms with Gasteiger partial charge in [0.2, 0.25) is 11.0 Å². The number of thioether (sulfide) groups is 1. The van der Waals surface area contributed by atoms with E-state index in [1.54, 1.807) is 11.3 Å². The van der Waals surface area contributed by atoms with Gasteiger partial charge < -0.3 is 4.74 Å². The summed E-state index contributed by atoms with van der Waals surface area (Å²) in [6.07, 6.45) is 2.26. The van der Waals surface area contributed by atoms with Gasteiger partial charge in [-0.1, -0.05) is 23.1 Å². The number of amides is 1. The minimum atomic E-state index is -0.138. The summed E-state index contributed by atoms with van der Waals surface area (Å²) in [5.41, 5.74) is 1.05. The van der Waals surface area contributed by atoms with Gasteiger partial charge in [0.1, 0.15) is 5.01 Å². The molecule has 1 amide bonds. The first-order valence-corrected chi connectivity index (χ1v) is 11.6. The Labute approximate surface area is 174 Å². The van der Waals surface area contributed by atoms with E-state index in [0.717, 1.165) is 41.0 Å². The molecule has 28 heavy (non-hydrogen) atoms. The quantitative estimate of drug-likeness (QED) is 0.567. The van der Waals surface area contributed by atoms with E-state index in [0.29, 0.717) is 11.7 Å². The van der Waals surface area contributed by atoms with E-state index in [1.165, 1.54) is 28.0 Å². The minimum Gasteiger partial charge on any atom is -0.376 e. The normalized spacial score (nSPS) is 16.6. The summed E-state index contributed by atoms with van der Waals surface area (Å²) in [4.78, 5) is 13.5. The lowest BCUT2D eigenvalue weighted by molar-refractivity contribution is -0.113. The number of carbonyl (C=O) groups excluding carboxylic acids is 1. The van der Waals surface area contributed by atoms with Gasteiger partial charge in [-0.05, 0) is 32.8 Å². The van der Waals surface area contributed by atoms with E-state index in [4.69, 9.17) is 4.74 Å². The van der Waals surface area contributed by atoms with Crippen LogP contribution in [0.15, 0.2) is 16.6 Å². The SMILES string of the molecule is Cc1cc(-c2nnc(SCC(=O)Nc3nnc(C)s3)n2C[C@@H]2CCCO2)cs1. The molecule has 1 aliphatic heterocycles. The number of anilines is 1. The van der Waals surface area contributed by atoms with E-state index >= 15 is 0 Å². The van der Waals surface area contributed by atoms with Gasteiger partial charge in [-0.25, -0.2) is 0 Å². The van der Waals surface area contributed by atoms with Crippen molar-refractivity contribution in [3.63, 3.8) is 0 Å². The number of hydrogen-bond donors (Lipinski definition) is 1. The van der Waals surface area contributed by atoms with Crippen LogP contribution in [0.5, 0.6) is 0 Å². The Kier molecular flexibility index (Phi) is 6.04. The predicted molar refractivity (Wildman–Crippen MR) is 111 cm³/mol. The molecule has 0 bridgehead atoms. The Morgan fingerprint density at radius 2 is 2.25 bits per heavy atom. The summed E-state index contributed by atoms with van der Waals surface area (Å²) in [5.74, 6) is 0.911. The Morgan fingerprint density at radius 1 is 1.36 bits per heavy atom. The summed E-state index contributed by atoms with van der Waals surface area (Å²) >= 11 is 4.41. The lowest BCUT2D eigenvalue weighted by Crippen LogP contribution is -2.18. The number of aromatic nitrogens is 5. The standard InChI is InChI=1S/C17H20N6O2S3/c1-10-6-12(8-26-10)15-20-22-17(23(15)7-13-4-3-5-25-13)27-9-14(24)18-16-21-19-11(2)28-16/h6,8,13H,3-5,7,9H2,1-2H3,(H,18,21,24)/t13-/m0/s1. The van der Waals surface area contributed by atoms with Gasteiger partial charge in [-0.15, -0.1) is 31.7 Å². The molecule has 3 aromatic rings. The molecule has 0 unspecified atom stereocenters. The van der Waals surface area contributed by atoms with Gasteiger partial charge in [-0.3, -0.25) is 14.7 Å². The van der Waals surface area contributed by atoms with Crippen molar-refractivity contribution in [2.45, 2.75) is 44.5 Å². The molecule has 4 rings (SSSR count). The van der Waals surface area contributed by atoms with Crippen LogP contribution < -0.4 is 5.32 Å². The average molecular weight is 437 g/mol. The molecule has 0 spiro atoms. The highest BCUT2D eigenvalue weighted by atomic mass is 32.2. The van der Waals surface area contributed by atoms with Crippen LogP contribution in [0.25, 0.3) is 11.4 Å². The summed E-state index contributed by atoms with van der Waals surface area (Å²) in [7, 11) is 0. The van der Waals surface area contributed by atoms with E-state index in [-0.39, 0.29) is 17.8 Å². The number of hydrogen-bond acceptors (Lipinski definition) is 9. The van der Waals surface area contributed by atoms with Gasteiger partial charge in [0.15, 0.2) is 11.0 Å². The van der Waals surface area contributed by atoms with E-state index in [2.05, 4.69) is 48.6 Å². The number of thiophene rings is 1. The number of rotatable bonds is 7. The molecule has 8 nitrogen and oxygen atoms in total. The van der Waals surface area contributed by atoms with Crippen molar-refractivity contribution in [2.24, 2.45) is 0 Å². The first-order valence-electron chi connectivity index (χ1n) is 8.91. The second kappa shape index (κ2) is 8.68. The van der Waals surface area contributed by atoms with Crippen LogP contribution in [0.2, 0.25) is 0 Å². The molecule has 4 heterocycles. The largest absolute Gasteiger partial charge is 0.376 e. The Hall–Kier alpha value is -1.82. The van der Waals surface area contributed by atoms with Gasteiger partial charge in [0, 0.05) is 22.4 Å². The zero-order valence-corrected chi connectivity index (χ0v) is 18.0. The number of nitrogens with zero attached hydrogens (tertiary/aromatic N) is 5. The van der Waals surface area contributed by atoms with E-state index < -0.39 is 0 Å². The third kappa shape index (κ3) is 4.59. The lowest BCUT2D eigenvalue weighted by Gasteiger charge is -2.14. The fourth-order valence-corrected chi connectivity index (χ4v) is 5.00. The Balaban J connectivity index is 1.49. The van der Waals surface area contributed by atoms with Gasteiger partial charge >= 0.3 is 0 Å². The predicted octanol–water partition coefficient (Wildman–Crippen LogP) is 3.38.